The van der Waals surface area contributed by atoms with Crippen LogP contribution in [0.3, 0.4) is 0 Å². The van der Waals surface area contributed by atoms with Crippen LogP contribution in [0.15, 0.2) is 34.3 Å². The van der Waals surface area contributed by atoms with E-state index in [-0.39, 0.29) is 5.91 Å². The van der Waals surface area contributed by atoms with E-state index in [2.05, 4.69) is 25.4 Å². The van der Waals surface area contributed by atoms with E-state index in [0.29, 0.717) is 22.3 Å². The van der Waals surface area contributed by atoms with Crippen LogP contribution in [-0.4, -0.2) is 39.1 Å². The lowest BCUT2D eigenvalue weighted by Crippen LogP contribution is -2.29. The Bertz CT molecular complexity index is 833. The Morgan fingerprint density at radius 1 is 1.36 bits per heavy atom. The third-order valence-corrected chi connectivity index (χ3v) is 5.01. The Morgan fingerprint density at radius 3 is 3.04 bits per heavy atom. The summed E-state index contributed by atoms with van der Waals surface area (Å²) < 4.78 is 5.29. The number of H-pyrrole nitrogens is 1. The molecule has 130 valence electrons. The lowest BCUT2D eigenvalue weighted by atomic mass is 10.1. The van der Waals surface area contributed by atoms with Gasteiger partial charge < -0.3 is 4.42 Å². The highest BCUT2D eigenvalue weighted by molar-refractivity contribution is 7.13. The monoisotopic (exact) mass is 357 g/mol. The Balaban J connectivity index is 1.38. The summed E-state index contributed by atoms with van der Waals surface area (Å²) in [5, 5.41) is 12.3. The largest absolute Gasteiger partial charge is 0.463 e. The van der Waals surface area contributed by atoms with Crippen molar-refractivity contribution in [1.82, 2.24) is 20.1 Å². The maximum atomic E-state index is 12.3. The van der Waals surface area contributed by atoms with E-state index in [1.54, 1.807) is 18.4 Å². The summed E-state index contributed by atoms with van der Waals surface area (Å²) in [6.45, 7) is 3.10. The molecule has 25 heavy (non-hydrogen) atoms. The number of furan rings is 1. The van der Waals surface area contributed by atoms with Crippen LogP contribution < -0.4 is 5.32 Å². The molecule has 3 aromatic rings. The van der Waals surface area contributed by atoms with Crippen LogP contribution in [0.5, 0.6) is 0 Å². The molecule has 0 radical (unpaired) electrons. The Labute approximate surface area is 149 Å². The molecule has 0 atom stereocenters. The predicted molar refractivity (Wildman–Crippen MR) is 95.5 cm³/mol. The number of aromatic amines is 1. The molecular weight excluding hydrogens is 338 g/mol. The number of anilines is 1. The Kier molecular flexibility index (Phi) is 4.62. The average Bonchev–Trinajstić information content (AvgIpc) is 3.37. The van der Waals surface area contributed by atoms with Gasteiger partial charge >= 0.3 is 0 Å². The highest BCUT2D eigenvalue weighted by Crippen LogP contribution is 2.21. The van der Waals surface area contributed by atoms with Crippen molar-refractivity contribution in [1.29, 1.82) is 0 Å². The molecule has 1 aliphatic rings. The van der Waals surface area contributed by atoms with Gasteiger partial charge in [-0.15, -0.1) is 11.3 Å². The molecule has 4 heterocycles. The molecule has 1 aliphatic heterocycles. The van der Waals surface area contributed by atoms with Crippen molar-refractivity contribution < 1.29 is 9.21 Å². The molecule has 3 aromatic heterocycles. The summed E-state index contributed by atoms with van der Waals surface area (Å²) in [6.07, 6.45) is 5.41. The summed E-state index contributed by atoms with van der Waals surface area (Å²) in [5.41, 5.74) is 1.97. The first-order valence-electron chi connectivity index (χ1n) is 8.35. The van der Waals surface area contributed by atoms with Crippen molar-refractivity contribution in [3.63, 3.8) is 0 Å². The zero-order valence-corrected chi connectivity index (χ0v) is 14.5. The molecule has 8 heteroatoms. The summed E-state index contributed by atoms with van der Waals surface area (Å²) in [4.78, 5) is 19.3. The third-order valence-electron chi connectivity index (χ3n) is 4.20. The van der Waals surface area contributed by atoms with Crippen LogP contribution in [0.1, 0.15) is 35.4 Å². The van der Waals surface area contributed by atoms with Crippen molar-refractivity contribution in [2.24, 2.45) is 0 Å². The number of aromatic nitrogens is 3. The van der Waals surface area contributed by atoms with E-state index < -0.39 is 0 Å². The summed E-state index contributed by atoms with van der Waals surface area (Å²) in [5.74, 6) is 0.359. The van der Waals surface area contributed by atoms with Crippen LogP contribution in [-0.2, 0) is 6.54 Å². The van der Waals surface area contributed by atoms with Gasteiger partial charge in [0.2, 0.25) is 0 Å². The number of rotatable bonds is 5. The van der Waals surface area contributed by atoms with Gasteiger partial charge in [-0.2, -0.15) is 5.10 Å². The lowest BCUT2D eigenvalue weighted by molar-refractivity contribution is 0.102. The number of piperidine rings is 1. The maximum Gasteiger partial charge on any atom is 0.277 e. The molecule has 0 aromatic carbocycles. The summed E-state index contributed by atoms with van der Waals surface area (Å²) in [7, 11) is 0. The summed E-state index contributed by atoms with van der Waals surface area (Å²) >= 11 is 1.44. The van der Waals surface area contributed by atoms with Crippen LogP contribution in [0.2, 0.25) is 0 Å². The van der Waals surface area contributed by atoms with Gasteiger partial charge in [-0.25, -0.2) is 4.98 Å². The van der Waals surface area contributed by atoms with E-state index in [9.17, 15) is 4.79 Å². The van der Waals surface area contributed by atoms with Gasteiger partial charge in [0.05, 0.1) is 12.0 Å². The van der Waals surface area contributed by atoms with Crippen molar-refractivity contribution in [3.8, 4) is 11.5 Å². The number of hydrogen-bond donors (Lipinski definition) is 2. The minimum Gasteiger partial charge on any atom is -0.463 e. The SMILES string of the molecule is O=C(Nc1nc(CN2CCCCC2)cs1)c1cc(-c2ccco2)[nH]n1. The maximum absolute atomic E-state index is 12.3. The number of carbonyl (C=O) groups is 1. The van der Waals surface area contributed by atoms with E-state index in [1.165, 1.54) is 30.6 Å². The van der Waals surface area contributed by atoms with Crippen LogP contribution >= 0.6 is 11.3 Å². The van der Waals surface area contributed by atoms with E-state index in [1.807, 2.05) is 11.4 Å². The molecule has 2 N–H and O–H groups in total. The normalized spacial score (nSPS) is 15.4. The molecule has 0 bridgehead atoms. The third kappa shape index (κ3) is 3.80. The van der Waals surface area contributed by atoms with E-state index in [0.717, 1.165) is 25.3 Å². The Hall–Kier alpha value is -2.45. The van der Waals surface area contributed by atoms with Crippen LogP contribution in [0.25, 0.3) is 11.5 Å². The molecule has 1 amide bonds. The van der Waals surface area contributed by atoms with Crippen molar-refractivity contribution >= 4 is 22.4 Å². The first kappa shape index (κ1) is 16.0. The van der Waals surface area contributed by atoms with Crippen LogP contribution in [0.4, 0.5) is 5.13 Å². The lowest BCUT2D eigenvalue weighted by Gasteiger charge is -2.25. The fourth-order valence-corrected chi connectivity index (χ4v) is 3.64. The van der Waals surface area contributed by atoms with Gasteiger partial charge in [0.25, 0.3) is 5.91 Å². The first-order valence-corrected chi connectivity index (χ1v) is 9.23. The molecule has 1 fully saturated rings. The second-order valence-electron chi connectivity index (χ2n) is 6.08. The Morgan fingerprint density at radius 2 is 2.24 bits per heavy atom. The molecule has 0 spiro atoms. The van der Waals surface area contributed by atoms with Gasteiger partial charge in [0.15, 0.2) is 16.6 Å². The fraction of sp³-hybridized carbons (Fsp3) is 0.353. The smallest absolute Gasteiger partial charge is 0.277 e. The standard InChI is InChI=1S/C17H19N5O2S/c23-16(14-9-13(20-21-14)15-5-4-8-24-15)19-17-18-12(11-25-17)10-22-6-2-1-3-7-22/h4-5,8-9,11H,1-3,6-7,10H2,(H,20,21)(H,18,19,23). The number of likely N-dealkylation sites (tertiary alicyclic amines) is 1. The second-order valence-corrected chi connectivity index (χ2v) is 6.94. The molecular formula is C17H19N5O2S. The van der Waals surface area contributed by atoms with Gasteiger partial charge in [-0.1, -0.05) is 6.42 Å². The van der Waals surface area contributed by atoms with Gasteiger partial charge in [-0.05, 0) is 38.1 Å². The quantitative estimate of drug-likeness (QED) is 0.731. The number of thiazole rings is 1. The van der Waals surface area contributed by atoms with E-state index >= 15 is 0 Å². The molecule has 7 nitrogen and oxygen atoms in total. The van der Waals surface area contributed by atoms with Gasteiger partial charge in [0, 0.05) is 18.0 Å². The average molecular weight is 357 g/mol. The summed E-state index contributed by atoms with van der Waals surface area (Å²) in [6, 6.07) is 5.26. The van der Waals surface area contributed by atoms with Crippen molar-refractivity contribution in [3.05, 3.63) is 41.2 Å². The van der Waals surface area contributed by atoms with E-state index in [4.69, 9.17) is 4.42 Å². The number of hydrogen-bond acceptors (Lipinski definition) is 6. The highest BCUT2D eigenvalue weighted by atomic mass is 32.1. The molecule has 4 rings (SSSR count). The number of nitrogens with zero attached hydrogens (tertiary/aromatic N) is 3. The minimum absolute atomic E-state index is 0.284. The minimum atomic E-state index is -0.284. The van der Waals surface area contributed by atoms with Gasteiger partial charge in [0.1, 0.15) is 5.69 Å². The zero-order valence-electron chi connectivity index (χ0n) is 13.7. The molecule has 1 saturated heterocycles. The molecule has 0 aliphatic carbocycles. The molecule has 0 unspecified atom stereocenters. The van der Waals surface area contributed by atoms with Crippen molar-refractivity contribution in [2.75, 3.05) is 18.4 Å². The fourth-order valence-electron chi connectivity index (χ4n) is 2.94. The second kappa shape index (κ2) is 7.20. The highest BCUT2D eigenvalue weighted by Gasteiger charge is 2.16. The number of amides is 1. The van der Waals surface area contributed by atoms with Gasteiger partial charge in [-0.3, -0.25) is 20.1 Å². The first-order chi connectivity index (χ1) is 12.3. The zero-order chi connectivity index (χ0) is 17.1. The number of nitrogens with one attached hydrogen (secondary N) is 2. The van der Waals surface area contributed by atoms with Crippen molar-refractivity contribution in [2.45, 2.75) is 25.8 Å². The van der Waals surface area contributed by atoms with Crippen LogP contribution in [0, 0.1) is 0 Å². The number of carbonyl (C=O) groups excluding carboxylic acids is 1. The topological polar surface area (TPSA) is 87.0 Å². The predicted octanol–water partition coefficient (Wildman–Crippen LogP) is 3.36. The molecule has 0 saturated carbocycles.